The lowest BCUT2D eigenvalue weighted by molar-refractivity contribution is -0.384. The van der Waals surface area contributed by atoms with Crippen LogP contribution in [-0.4, -0.2) is 45.7 Å². The summed E-state index contributed by atoms with van der Waals surface area (Å²) in [5.41, 5.74) is 0.518. The maximum Gasteiger partial charge on any atom is 0.286 e. The van der Waals surface area contributed by atoms with E-state index in [-0.39, 0.29) is 21.3 Å². The highest BCUT2D eigenvalue weighted by molar-refractivity contribution is 8.26. The highest BCUT2D eigenvalue weighted by atomic mass is 32.2. The van der Waals surface area contributed by atoms with Gasteiger partial charge in [-0.2, -0.15) is 10.1 Å². The van der Waals surface area contributed by atoms with Gasteiger partial charge >= 0.3 is 0 Å². The number of thiocarbonyl (C=S) groups is 1. The number of amides is 1. The summed E-state index contributed by atoms with van der Waals surface area (Å²) in [4.78, 5) is 23.4. The maximum atomic E-state index is 12.7. The van der Waals surface area contributed by atoms with Gasteiger partial charge in [-0.05, 0) is 36.5 Å². The average Bonchev–Trinajstić information content (AvgIpc) is 3.00. The minimum atomic E-state index is -0.596. The molecule has 1 heterocycles. The third-order valence-corrected chi connectivity index (χ3v) is 5.32. The normalized spacial score (nSPS) is 15.3. The Morgan fingerprint density at radius 1 is 1.20 bits per heavy atom. The molecule has 30 heavy (non-hydrogen) atoms. The van der Waals surface area contributed by atoms with E-state index in [1.807, 2.05) is 0 Å². The molecule has 0 unspecified atom stereocenters. The van der Waals surface area contributed by atoms with Crippen LogP contribution in [0.2, 0.25) is 0 Å². The lowest BCUT2D eigenvalue weighted by Gasteiger charge is -2.08. The second-order valence-electron chi connectivity index (χ2n) is 5.85. The molecule has 0 spiro atoms. The molecule has 1 saturated heterocycles. The number of carbonyl (C=O) groups is 1. The fourth-order valence-corrected chi connectivity index (χ4v) is 3.68. The molecule has 1 aliphatic heterocycles. The number of aromatic hydroxyl groups is 1. The summed E-state index contributed by atoms with van der Waals surface area (Å²) in [6.45, 7) is 0. The molecule has 0 saturated carbocycles. The van der Waals surface area contributed by atoms with Crippen LogP contribution in [0.5, 0.6) is 17.2 Å². The molecular formula is C19H15N3O6S2. The Hall–Kier alpha value is -3.44. The number of benzene rings is 2. The van der Waals surface area contributed by atoms with Gasteiger partial charge in [0.2, 0.25) is 0 Å². The molecule has 3 rings (SSSR count). The van der Waals surface area contributed by atoms with E-state index in [2.05, 4.69) is 5.10 Å². The summed E-state index contributed by atoms with van der Waals surface area (Å²) in [6, 6.07) is 8.66. The van der Waals surface area contributed by atoms with Crippen molar-refractivity contribution in [1.82, 2.24) is 5.01 Å². The van der Waals surface area contributed by atoms with Gasteiger partial charge in [-0.3, -0.25) is 14.9 Å². The molecule has 0 radical (unpaired) electrons. The van der Waals surface area contributed by atoms with Crippen molar-refractivity contribution in [2.45, 2.75) is 0 Å². The maximum absolute atomic E-state index is 12.7. The van der Waals surface area contributed by atoms with Crippen molar-refractivity contribution < 1.29 is 24.3 Å². The van der Waals surface area contributed by atoms with Crippen LogP contribution in [0.25, 0.3) is 6.08 Å². The van der Waals surface area contributed by atoms with Crippen LogP contribution >= 0.6 is 24.0 Å². The zero-order valence-corrected chi connectivity index (χ0v) is 17.4. The van der Waals surface area contributed by atoms with Gasteiger partial charge in [0.1, 0.15) is 17.2 Å². The fourth-order valence-electron chi connectivity index (χ4n) is 2.52. The Labute approximate surface area is 180 Å². The van der Waals surface area contributed by atoms with E-state index in [4.69, 9.17) is 21.7 Å². The molecule has 0 atom stereocenters. The van der Waals surface area contributed by atoms with Crippen LogP contribution < -0.4 is 9.47 Å². The van der Waals surface area contributed by atoms with Gasteiger partial charge < -0.3 is 14.6 Å². The Balaban J connectivity index is 1.87. The molecule has 2 aromatic carbocycles. The number of nitro groups is 1. The number of thioether (sulfide) groups is 1. The highest BCUT2D eigenvalue weighted by Crippen LogP contribution is 2.35. The second kappa shape index (κ2) is 8.93. The standard InChI is InChI=1S/C19H15N3O6S2/c1-27-14-5-3-11(16(9-14)28-2)8-17-18(24)21(19(29)30-17)20-10-12-7-13(22(25)26)4-6-15(12)23/h3-10,23H,1-2H3/b17-8+,20-10+. The second-order valence-corrected chi connectivity index (χ2v) is 7.52. The monoisotopic (exact) mass is 445 g/mol. The van der Waals surface area contributed by atoms with Crippen molar-refractivity contribution >= 4 is 52.2 Å². The summed E-state index contributed by atoms with van der Waals surface area (Å²) < 4.78 is 10.7. The van der Waals surface area contributed by atoms with Gasteiger partial charge in [-0.15, -0.1) is 0 Å². The SMILES string of the molecule is COc1ccc(/C=C2/SC(=S)N(/N=C/c3cc([N+](=O)[O-])ccc3O)C2=O)c(OC)c1. The van der Waals surface area contributed by atoms with Gasteiger partial charge in [-0.1, -0.05) is 11.8 Å². The van der Waals surface area contributed by atoms with E-state index in [0.717, 1.165) is 35.1 Å². The third kappa shape index (κ3) is 4.42. The number of hydrogen-bond donors (Lipinski definition) is 1. The first-order valence-corrected chi connectivity index (χ1v) is 9.58. The van der Waals surface area contributed by atoms with E-state index in [1.165, 1.54) is 20.3 Å². The number of phenols is 1. The minimum Gasteiger partial charge on any atom is -0.507 e. The van der Waals surface area contributed by atoms with Gasteiger partial charge in [0.25, 0.3) is 11.6 Å². The van der Waals surface area contributed by atoms with Crippen LogP contribution in [0.15, 0.2) is 46.4 Å². The molecule has 2 aromatic rings. The lowest BCUT2D eigenvalue weighted by atomic mass is 10.1. The zero-order valence-electron chi connectivity index (χ0n) is 15.8. The first-order valence-electron chi connectivity index (χ1n) is 8.35. The number of hydrazone groups is 1. The van der Waals surface area contributed by atoms with Crippen LogP contribution in [-0.2, 0) is 4.79 Å². The average molecular weight is 445 g/mol. The van der Waals surface area contributed by atoms with Crippen LogP contribution in [0.4, 0.5) is 5.69 Å². The summed E-state index contributed by atoms with van der Waals surface area (Å²) in [6.07, 6.45) is 2.77. The van der Waals surface area contributed by atoms with Gasteiger partial charge in [0.15, 0.2) is 4.32 Å². The molecule has 1 amide bonds. The predicted molar refractivity (Wildman–Crippen MR) is 117 cm³/mol. The number of nitrogens with zero attached hydrogens (tertiary/aromatic N) is 3. The molecule has 1 fully saturated rings. The smallest absolute Gasteiger partial charge is 0.286 e. The van der Waals surface area contributed by atoms with Crippen molar-refractivity contribution in [3.63, 3.8) is 0 Å². The first kappa shape index (κ1) is 21.3. The molecular weight excluding hydrogens is 430 g/mol. The number of non-ortho nitro benzene ring substituents is 1. The number of methoxy groups -OCH3 is 2. The minimum absolute atomic E-state index is 0.0825. The molecule has 11 heteroatoms. The van der Waals surface area contributed by atoms with Gasteiger partial charge in [-0.25, -0.2) is 0 Å². The van der Waals surface area contributed by atoms with E-state index < -0.39 is 10.8 Å². The summed E-state index contributed by atoms with van der Waals surface area (Å²) in [5.74, 6) is 0.444. The Morgan fingerprint density at radius 3 is 2.63 bits per heavy atom. The lowest BCUT2D eigenvalue weighted by Crippen LogP contribution is -2.22. The number of ether oxygens (including phenoxy) is 2. The molecule has 9 nitrogen and oxygen atoms in total. The van der Waals surface area contributed by atoms with Gasteiger partial charge in [0.05, 0.1) is 30.3 Å². The van der Waals surface area contributed by atoms with Crippen molar-refractivity contribution in [2.24, 2.45) is 5.10 Å². The fraction of sp³-hybridized carbons (Fsp3) is 0.105. The Kier molecular flexibility index (Phi) is 6.33. The molecule has 0 aromatic heterocycles. The summed E-state index contributed by atoms with van der Waals surface area (Å²) in [5, 5.41) is 25.8. The van der Waals surface area contributed by atoms with Crippen molar-refractivity contribution in [3.8, 4) is 17.2 Å². The summed E-state index contributed by atoms with van der Waals surface area (Å²) >= 11 is 6.27. The van der Waals surface area contributed by atoms with Crippen molar-refractivity contribution in [3.05, 3.63) is 62.5 Å². The Bertz CT molecular complexity index is 1100. The van der Waals surface area contributed by atoms with Crippen LogP contribution in [0, 0.1) is 10.1 Å². The third-order valence-electron chi connectivity index (χ3n) is 4.03. The first-order chi connectivity index (χ1) is 14.3. The quantitative estimate of drug-likeness (QED) is 0.236. The molecule has 0 bridgehead atoms. The topological polar surface area (TPSA) is 115 Å². The molecule has 1 aliphatic rings. The zero-order chi connectivity index (χ0) is 21.8. The number of carbonyl (C=O) groups excluding carboxylic acids is 1. The summed E-state index contributed by atoms with van der Waals surface area (Å²) in [7, 11) is 3.05. The van der Waals surface area contributed by atoms with E-state index in [0.29, 0.717) is 22.0 Å². The largest absolute Gasteiger partial charge is 0.507 e. The molecule has 154 valence electrons. The number of phenolic OH excluding ortho intramolecular Hbond substituents is 1. The van der Waals surface area contributed by atoms with E-state index >= 15 is 0 Å². The predicted octanol–water partition coefficient (Wildman–Crippen LogP) is 3.55. The number of rotatable bonds is 6. The molecule has 0 aliphatic carbocycles. The van der Waals surface area contributed by atoms with Crippen LogP contribution in [0.3, 0.4) is 0 Å². The number of hydrogen-bond acceptors (Lipinski definition) is 9. The highest BCUT2D eigenvalue weighted by Gasteiger charge is 2.32. The number of nitro benzene ring substituents is 1. The molecule has 1 N–H and O–H groups in total. The van der Waals surface area contributed by atoms with E-state index in [1.54, 1.807) is 24.3 Å². The van der Waals surface area contributed by atoms with Gasteiger partial charge in [0, 0.05) is 29.3 Å². The van der Waals surface area contributed by atoms with Crippen LogP contribution in [0.1, 0.15) is 11.1 Å². The van der Waals surface area contributed by atoms with Crippen molar-refractivity contribution in [1.29, 1.82) is 0 Å². The Morgan fingerprint density at radius 2 is 1.97 bits per heavy atom. The van der Waals surface area contributed by atoms with Crippen molar-refractivity contribution in [2.75, 3.05) is 14.2 Å². The van der Waals surface area contributed by atoms with E-state index in [9.17, 15) is 20.0 Å².